The third-order valence-electron chi connectivity index (χ3n) is 5.41. The number of nitrogens with zero attached hydrogens (tertiary/aromatic N) is 6. The second-order valence-corrected chi connectivity index (χ2v) is 7.40. The number of rotatable bonds is 4. The Labute approximate surface area is 173 Å². The zero-order valence-corrected chi connectivity index (χ0v) is 16.6. The van der Waals surface area contributed by atoms with Gasteiger partial charge in [0.1, 0.15) is 0 Å². The Morgan fingerprint density at radius 1 is 1.07 bits per heavy atom. The van der Waals surface area contributed by atoms with Crippen LogP contribution in [0.4, 0.5) is 11.5 Å². The molecule has 1 saturated heterocycles. The number of piperazine rings is 1. The molecule has 9 nitrogen and oxygen atoms in total. The normalized spacial score (nSPS) is 14.9. The predicted octanol–water partition coefficient (Wildman–Crippen LogP) is 2.25. The molecule has 1 aliphatic heterocycles. The van der Waals surface area contributed by atoms with Crippen LogP contribution in [0.3, 0.4) is 0 Å². The molecular weight excluding hydrogens is 380 g/mol. The largest absolute Gasteiger partial charge is 0.337 e. The summed E-state index contributed by atoms with van der Waals surface area (Å²) in [5.41, 5.74) is 4.09. The number of nitrogens with one attached hydrogen (secondary N) is 2. The van der Waals surface area contributed by atoms with Crippen LogP contribution >= 0.6 is 0 Å². The molecule has 1 aliphatic rings. The molecule has 9 heteroatoms. The molecule has 0 aliphatic carbocycles. The lowest BCUT2D eigenvalue weighted by molar-refractivity contribution is 0.0664. The third kappa shape index (κ3) is 3.39. The average Bonchev–Trinajstić information content (AvgIpc) is 3.47. The number of aromatic amines is 1. The van der Waals surface area contributed by atoms with Gasteiger partial charge in [-0.25, -0.2) is 9.97 Å². The minimum Gasteiger partial charge on any atom is -0.337 e. The maximum absolute atomic E-state index is 12.7. The topological polar surface area (TPSA) is 94.5 Å². The first-order valence-electron chi connectivity index (χ1n) is 9.85. The lowest BCUT2D eigenvalue weighted by atomic mass is 10.1. The highest BCUT2D eigenvalue weighted by atomic mass is 16.2. The van der Waals surface area contributed by atoms with E-state index in [2.05, 4.69) is 37.4 Å². The van der Waals surface area contributed by atoms with Crippen molar-refractivity contribution in [3.8, 4) is 11.3 Å². The van der Waals surface area contributed by atoms with Crippen molar-refractivity contribution in [2.75, 3.05) is 38.5 Å². The number of H-pyrrole nitrogens is 1. The molecule has 30 heavy (non-hydrogen) atoms. The van der Waals surface area contributed by atoms with Crippen LogP contribution < -0.4 is 5.32 Å². The van der Waals surface area contributed by atoms with Crippen LogP contribution in [0.2, 0.25) is 0 Å². The number of amides is 1. The summed E-state index contributed by atoms with van der Waals surface area (Å²) in [6, 6.07) is 7.50. The first-order valence-corrected chi connectivity index (χ1v) is 9.85. The molecule has 2 N–H and O–H groups in total. The second kappa shape index (κ2) is 7.60. The van der Waals surface area contributed by atoms with Crippen LogP contribution in [0.5, 0.6) is 0 Å². The van der Waals surface area contributed by atoms with Gasteiger partial charge in [0.2, 0.25) is 0 Å². The fraction of sp³-hybridized carbons (Fsp3) is 0.238. The van der Waals surface area contributed by atoms with Crippen molar-refractivity contribution in [2.24, 2.45) is 0 Å². The Balaban J connectivity index is 1.35. The van der Waals surface area contributed by atoms with Crippen LogP contribution in [0.25, 0.3) is 16.9 Å². The van der Waals surface area contributed by atoms with E-state index in [9.17, 15) is 4.79 Å². The third-order valence-corrected chi connectivity index (χ3v) is 5.41. The van der Waals surface area contributed by atoms with Gasteiger partial charge in [0.05, 0.1) is 18.1 Å². The van der Waals surface area contributed by atoms with Gasteiger partial charge in [0, 0.05) is 61.6 Å². The molecule has 152 valence electrons. The predicted molar refractivity (Wildman–Crippen MR) is 114 cm³/mol. The van der Waals surface area contributed by atoms with Crippen molar-refractivity contribution >= 4 is 23.1 Å². The molecule has 3 aromatic heterocycles. The molecule has 4 heterocycles. The molecule has 0 bridgehead atoms. The molecule has 0 radical (unpaired) electrons. The highest BCUT2D eigenvalue weighted by Gasteiger charge is 2.20. The van der Waals surface area contributed by atoms with E-state index in [0.29, 0.717) is 17.0 Å². The SMILES string of the molecule is CN1CCN(C(=O)c2ccc(Nc3ncc(-c4cn[nH]c4)n4ccnc34)cc2)CC1. The highest BCUT2D eigenvalue weighted by molar-refractivity contribution is 5.94. The number of anilines is 2. The summed E-state index contributed by atoms with van der Waals surface area (Å²) in [6.07, 6.45) is 8.98. The molecule has 0 unspecified atom stereocenters. The average molecular weight is 402 g/mol. The van der Waals surface area contributed by atoms with E-state index >= 15 is 0 Å². The number of imidazole rings is 1. The Bertz CT molecular complexity index is 1160. The zero-order chi connectivity index (χ0) is 20.5. The van der Waals surface area contributed by atoms with E-state index in [0.717, 1.165) is 43.1 Å². The molecule has 5 rings (SSSR count). The highest BCUT2D eigenvalue weighted by Crippen LogP contribution is 2.25. The Hall–Kier alpha value is -3.72. The Kier molecular flexibility index (Phi) is 4.64. The smallest absolute Gasteiger partial charge is 0.253 e. The van der Waals surface area contributed by atoms with Crippen LogP contribution in [0, 0.1) is 0 Å². The van der Waals surface area contributed by atoms with Crippen molar-refractivity contribution in [3.63, 3.8) is 0 Å². The van der Waals surface area contributed by atoms with Crippen molar-refractivity contribution < 1.29 is 4.79 Å². The van der Waals surface area contributed by atoms with E-state index in [-0.39, 0.29) is 5.91 Å². The number of carbonyl (C=O) groups is 1. The van der Waals surface area contributed by atoms with Gasteiger partial charge in [-0.3, -0.25) is 14.3 Å². The Morgan fingerprint density at radius 2 is 1.87 bits per heavy atom. The summed E-state index contributed by atoms with van der Waals surface area (Å²) in [5.74, 6) is 0.721. The van der Waals surface area contributed by atoms with Crippen LogP contribution in [0.1, 0.15) is 10.4 Å². The molecule has 0 spiro atoms. The van der Waals surface area contributed by atoms with Gasteiger partial charge in [-0.2, -0.15) is 5.10 Å². The molecule has 1 aromatic carbocycles. The zero-order valence-electron chi connectivity index (χ0n) is 16.6. The lowest BCUT2D eigenvalue weighted by Gasteiger charge is -2.32. The van der Waals surface area contributed by atoms with Crippen LogP contribution in [-0.4, -0.2) is 73.5 Å². The number of carbonyl (C=O) groups excluding carboxylic acids is 1. The minimum atomic E-state index is 0.0767. The standard InChI is InChI=1S/C21H22N8O/c1-27-8-10-28(11-9-27)21(30)15-2-4-17(5-3-15)26-19-20-22-6-7-29(20)18(14-23-19)16-12-24-25-13-16/h2-7,12-14H,8-11H2,1H3,(H,23,26)(H,24,25). The maximum Gasteiger partial charge on any atom is 0.253 e. The van der Waals surface area contributed by atoms with E-state index < -0.39 is 0 Å². The minimum absolute atomic E-state index is 0.0767. The van der Waals surface area contributed by atoms with Gasteiger partial charge in [0.15, 0.2) is 11.5 Å². The van der Waals surface area contributed by atoms with Gasteiger partial charge < -0.3 is 15.1 Å². The van der Waals surface area contributed by atoms with Gasteiger partial charge in [-0.05, 0) is 31.3 Å². The van der Waals surface area contributed by atoms with Crippen molar-refractivity contribution in [1.29, 1.82) is 0 Å². The summed E-state index contributed by atoms with van der Waals surface area (Å²) in [5, 5.41) is 10.1. The fourth-order valence-corrected chi connectivity index (χ4v) is 3.64. The first-order chi connectivity index (χ1) is 14.7. The second-order valence-electron chi connectivity index (χ2n) is 7.40. The van der Waals surface area contributed by atoms with Gasteiger partial charge >= 0.3 is 0 Å². The van der Waals surface area contributed by atoms with Gasteiger partial charge in [0.25, 0.3) is 5.91 Å². The van der Waals surface area contributed by atoms with Crippen molar-refractivity contribution in [3.05, 3.63) is 60.8 Å². The molecule has 1 fully saturated rings. The monoisotopic (exact) mass is 402 g/mol. The van der Waals surface area contributed by atoms with Crippen LogP contribution in [0.15, 0.2) is 55.2 Å². The maximum atomic E-state index is 12.7. The molecular formula is C21H22N8O. The molecule has 0 saturated carbocycles. The number of aromatic nitrogens is 5. The number of fused-ring (bicyclic) bond motifs is 1. The number of likely N-dealkylation sites (N-methyl/N-ethyl adjacent to an activating group) is 1. The van der Waals surface area contributed by atoms with E-state index in [1.165, 1.54) is 0 Å². The summed E-state index contributed by atoms with van der Waals surface area (Å²) < 4.78 is 1.96. The number of hydrogen-bond acceptors (Lipinski definition) is 6. The lowest BCUT2D eigenvalue weighted by Crippen LogP contribution is -2.47. The number of benzene rings is 1. The molecule has 1 amide bonds. The van der Waals surface area contributed by atoms with Crippen LogP contribution in [-0.2, 0) is 0 Å². The summed E-state index contributed by atoms with van der Waals surface area (Å²) >= 11 is 0. The fourth-order valence-electron chi connectivity index (χ4n) is 3.64. The first kappa shape index (κ1) is 18.3. The quantitative estimate of drug-likeness (QED) is 0.544. The molecule has 4 aromatic rings. The van der Waals surface area contributed by atoms with Crippen molar-refractivity contribution in [1.82, 2.24) is 34.4 Å². The number of hydrogen-bond donors (Lipinski definition) is 2. The summed E-state index contributed by atoms with van der Waals surface area (Å²) in [4.78, 5) is 25.9. The van der Waals surface area contributed by atoms with E-state index in [1.54, 1.807) is 18.6 Å². The summed E-state index contributed by atoms with van der Waals surface area (Å²) in [7, 11) is 2.08. The molecule has 0 atom stereocenters. The van der Waals surface area contributed by atoms with E-state index in [1.807, 2.05) is 46.0 Å². The van der Waals surface area contributed by atoms with Gasteiger partial charge in [-0.15, -0.1) is 0 Å². The Morgan fingerprint density at radius 3 is 2.60 bits per heavy atom. The van der Waals surface area contributed by atoms with Gasteiger partial charge in [-0.1, -0.05) is 0 Å². The van der Waals surface area contributed by atoms with Crippen molar-refractivity contribution in [2.45, 2.75) is 0 Å². The summed E-state index contributed by atoms with van der Waals surface area (Å²) in [6.45, 7) is 3.35. The van der Waals surface area contributed by atoms with E-state index in [4.69, 9.17) is 0 Å².